The summed E-state index contributed by atoms with van der Waals surface area (Å²) in [4.78, 5) is 11.6. The van der Waals surface area contributed by atoms with Gasteiger partial charge in [-0.25, -0.2) is 4.79 Å². The topological polar surface area (TPSA) is 99.0 Å². The van der Waals surface area contributed by atoms with Crippen LogP contribution in [0, 0.1) is 0 Å². The summed E-state index contributed by atoms with van der Waals surface area (Å²) >= 11 is 0. The van der Waals surface area contributed by atoms with Crippen LogP contribution in [0.25, 0.3) is 5.76 Å². The maximum atomic E-state index is 11.6. The molecule has 0 radical (unpaired) electrons. The van der Waals surface area contributed by atoms with Crippen LogP contribution < -0.4 is 5.32 Å². The number of fused-ring (bicyclic) bond motifs is 1. The lowest BCUT2D eigenvalue weighted by atomic mass is 9.91. The van der Waals surface area contributed by atoms with Gasteiger partial charge in [-0.2, -0.15) is 0 Å². The maximum absolute atomic E-state index is 11.6. The largest absolute Gasteiger partial charge is 0.505 e. The molecule has 6 nitrogen and oxygen atoms in total. The number of aliphatic hydroxyl groups is 3. The molecule has 2 rings (SSSR count). The first kappa shape index (κ1) is 13.4. The zero-order valence-corrected chi connectivity index (χ0v) is 10.3. The SMILES string of the molecule is COC(=O)C1=C(O)c2ccccc2C(C(O)CO)N1. The molecule has 0 fully saturated rings. The van der Waals surface area contributed by atoms with E-state index in [1.165, 1.54) is 7.11 Å². The summed E-state index contributed by atoms with van der Waals surface area (Å²) in [6.45, 7) is -0.471. The van der Waals surface area contributed by atoms with Gasteiger partial charge in [-0.1, -0.05) is 24.3 Å². The van der Waals surface area contributed by atoms with Gasteiger partial charge in [0, 0.05) is 5.56 Å². The van der Waals surface area contributed by atoms with Crippen LogP contribution in [-0.2, 0) is 9.53 Å². The molecule has 6 heteroatoms. The predicted octanol–water partition coefficient (Wildman–Crippen LogP) is 0.0837. The van der Waals surface area contributed by atoms with Gasteiger partial charge in [0.25, 0.3) is 0 Å². The van der Waals surface area contributed by atoms with Gasteiger partial charge in [-0.3, -0.25) is 0 Å². The van der Waals surface area contributed by atoms with Gasteiger partial charge in [0.2, 0.25) is 0 Å². The van der Waals surface area contributed by atoms with Crippen LogP contribution in [0.1, 0.15) is 17.2 Å². The molecular weight excluding hydrogens is 250 g/mol. The average Bonchev–Trinajstić information content (AvgIpc) is 2.46. The minimum absolute atomic E-state index is 0.126. The Kier molecular flexibility index (Phi) is 3.73. The van der Waals surface area contributed by atoms with E-state index in [1.807, 2.05) is 0 Å². The third-order valence-corrected chi connectivity index (χ3v) is 3.05. The smallest absolute Gasteiger partial charge is 0.358 e. The van der Waals surface area contributed by atoms with Gasteiger partial charge in [-0.05, 0) is 5.56 Å². The van der Waals surface area contributed by atoms with E-state index in [9.17, 15) is 15.0 Å². The van der Waals surface area contributed by atoms with Crippen molar-refractivity contribution < 1.29 is 24.9 Å². The van der Waals surface area contributed by atoms with E-state index in [0.29, 0.717) is 11.1 Å². The second-order valence-electron chi connectivity index (χ2n) is 4.17. The first-order valence-corrected chi connectivity index (χ1v) is 5.76. The summed E-state index contributed by atoms with van der Waals surface area (Å²) in [5.41, 5.74) is 0.909. The summed E-state index contributed by atoms with van der Waals surface area (Å²) in [6, 6.07) is 6.10. The minimum Gasteiger partial charge on any atom is -0.505 e. The molecule has 0 saturated heterocycles. The fraction of sp³-hybridized carbons (Fsp3) is 0.308. The first-order chi connectivity index (χ1) is 9.10. The number of benzene rings is 1. The van der Waals surface area contributed by atoms with Gasteiger partial charge in [0.1, 0.15) is 6.10 Å². The second-order valence-corrected chi connectivity index (χ2v) is 4.17. The van der Waals surface area contributed by atoms with Gasteiger partial charge >= 0.3 is 5.97 Å². The molecule has 1 aliphatic heterocycles. The van der Waals surface area contributed by atoms with Crippen LogP contribution in [0.5, 0.6) is 0 Å². The molecule has 2 unspecified atom stereocenters. The molecular formula is C13H15NO5. The first-order valence-electron chi connectivity index (χ1n) is 5.76. The fourth-order valence-corrected chi connectivity index (χ4v) is 2.09. The van der Waals surface area contributed by atoms with E-state index in [0.717, 1.165) is 0 Å². The van der Waals surface area contributed by atoms with Gasteiger partial charge < -0.3 is 25.4 Å². The van der Waals surface area contributed by atoms with E-state index in [1.54, 1.807) is 24.3 Å². The highest BCUT2D eigenvalue weighted by Gasteiger charge is 2.33. The zero-order valence-electron chi connectivity index (χ0n) is 10.3. The standard InChI is InChI=1S/C13H15NO5/c1-19-13(18)11-12(17)8-5-3-2-4-7(8)10(14-11)9(16)6-15/h2-5,9-10,14-17H,6H2,1H3. The molecule has 0 amide bonds. The molecule has 0 bridgehead atoms. The highest BCUT2D eigenvalue weighted by atomic mass is 16.5. The number of hydrogen-bond donors (Lipinski definition) is 4. The van der Waals surface area contributed by atoms with E-state index in [4.69, 9.17) is 5.11 Å². The molecule has 1 aliphatic rings. The zero-order chi connectivity index (χ0) is 14.0. The van der Waals surface area contributed by atoms with E-state index < -0.39 is 24.7 Å². The number of ether oxygens (including phenoxy) is 1. The molecule has 19 heavy (non-hydrogen) atoms. The number of aliphatic hydroxyl groups excluding tert-OH is 3. The third kappa shape index (κ3) is 2.27. The van der Waals surface area contributed by atoms with Crippen molar-refractivity contribution in [1.29, 1.82) is 0 Å². The van der Waals surface area contributed by atoms with Crippen molar-refractivity contribution in [3.05, 3.63) is 41.1 Å². The van der Waals surface area contributed by atoms with Crippen LogP contribution in [0.3, 0.4) is 0 Å². The minimum atomic E-state index is -1.10. The summed E-state index contributed by atoms with van der Waals surface area (Å²) in [6.07, 6.45) is -1.10. The van der Waals surface area contributed by atoms with E-state index in [2.05, 4.69) is 10.1 Å². The Bertz CT molecular complexity index is 526. The number of carbonyl (C=O) groups excluding carboxylic acids is 1. The molecule has 1 heterocycles. The van der Waals surface area contributed by atoms with Crippen molar-refractivity contribution in [2.24, 2.45) is 0 Å². The Morgan fingerprint density at radius 3 is 2.79 bits per heavy atom. The molecule has 4 N–H and O–H groups in total. The third-order valence-electron chi connectivity index (χ3n) is 3.05. The lowest BCUT2D eigenvalue weighted by molar-refractivity contribution is -0.136. The van der Waals surface area contributed by atoms with Gasteiger partial charge in [0.15, 0.2) is 11.5 Å². The fourth-order valence-electron chi connectivity index (χ4n) is 2.09. The van der Waals surface area contributed by atoms with Crippen molar-refractivity contribution in [3.8, 4) is 0 Å². The van der Waals surface area contributed by atoms with Crippen LogP contribution in [0.15, 0.2) is 30.0 Å². The van der Waals surface area contributed by atoms with Gasteiger partial charge in [0.05, 0.1) is 19.8 Å². The van der Waals surface area contributed by atoms with Crippen molar-refractivity contribution >= 4 is 11.7 Å². The molecule has 102 valence electrons. The van der Waals surface area contributed by atoms with Crippen molar-refractivity contribution in [2.45, 2.75) is 12.1 Å². The highest BCUT2D eigenvalue weighted by Crippen LogP contribution is 2.32. The molecule has 1 aromatic carbocycles. The molecule has 1 aromatic rings. The number of methoxy groups -OCH3 is 1. The predicted molar refractivity (Wildman–Crippen MR) is 67.0 cm³/mol. The van der Waals surface area contributed by atoms with Crippen molar-refractivity contribution in [1.82, 2.24) is 5.32 Å². The maximum Gasteiger partial charge on any atom is 0.358 e. The van der Waals surface area contributed by atoms with E-state index >= 15 is 0 Å². The Morgan fingerprint density at radius 2 is 2.16 bits per heavy atom. The lowest BCUT2D eigenvalue weighted by Crippen LogP contribution is -2.39. The van der Waals surface area contributed by atoms with Gasteiger partial charge in [-0.15, -0.1) is 0 Å². The van der Waals surface area contributed by atoms with Crippen molar-refractivity contribution in [3.63, 3.8) is 0 Å². The molecule has 0 aliphatic carbocycles. The summed E-state index contributed by atoms with van der Waals surface area (Å²) in [7, 11) is 1.20. The summed E-state index contributed by atoms with van der Waals surface area (Å²) in [5, 5.41) is 31.7. The van der Waals surface area contributed by atoms with Crippen LogP contribution in [0.4, 0.5) is 0 Å². The highest BCUT2D eigenvalue weighted by molar-refractivity contribution is 5.96. The Labute approximate surface area is 109 Å². The van der Waals surface area contributed by atoms with Crippen LogP contribution >= 0.6 is 0 Å². The summed E-state index contributed by atoms with van der Waals surface area (Å²) < 4.78 is 4.57. The Morgan fingerprint density at radius 1 is 1.47 bits per heavy atom. The lowest BCUT2D eigenvalue weighted by Gasteiger charge is -2.31. The quantitative estimate of drug-likeness (QED) is 0.578. The number of esters is 1. The number of hydrogen-bond acceptors (Lipinski definition) is 6. The van der Waals surface area contributed by atoms with Crippen molar-refractivity contribution in [2.75, 3.05) is 13.7 Å². The Balaban J connectivity index is 2.53. The monoisotopic (exact) mass is 265 g/mol. The normalized spacial score (nSPS) is 19.4. The Hall–Kier alpha value is -2.05. The molecule has 0 aromatic heterocycles. The number of rotatable bonds is 3. The summed E-state index contributed by atoms with van der Waals surface area (Å²) in [5.74, 6) is -0.967. The molecule has 0 saturated carbocycles. The number of carbonyl (C=O) groups is 1. The van der Waals surface area contributed by atoms with E-state index in [-0.39, 0.29) is 11.5 Å². The van der Waals surface area contributed by atoms with Crippen LogP contribution in [0.2, 0.25) is 0 Å². The molecule has 0 spiro atoms. The van der Waals surface area contributed by atoms with Crippen LogP contribution in [-0.4, -0.2) is 41.1 Å². The molecule has 2 atom stereocenters. The average molecular weight is 265 g/mol. The number of nitrogens with one attached hydrogen (secondary N) is 1. The second kappa shape index (κ2) is 5.29.